The van der Waals surface area contributed by atoms with Crippen molar-refractivity contribution >= 4 is 0 Å². The Kier molecular flexibility index (Phi) is 6.06. The third-order valence-electron chi connectivity index (χ3n) is 4.41. The highest BCUT2D eigenvalue weighted by molar-refractivity contribution is 5.42. The Bertz CT molecular complexity index is 734. The first kappa shape index (κ1) is 18.6. The number of rotatable bonds is 6. The Morgan fingerprint density at radius 2 is 1.92 bits per heavy atom. The van der Waals surface area contributed by atoms with E-state index in [4.69, 9.17) is 14.2 Å². The van der Waals surface area contributed by atoms with Crippen molar-refractivity contribution in [2.45, 2.75) is 19.6 Å². The molecule has 1 atom stereocenters. The van der Waals surface area contributed by atoms with Crippen LogP contribution in [0.1, 0.15) is 11.1 Å². The molecule has 0 aromatic heterocycles. The molecule has 0 saturated carbocycles. The molecular formula is C20H23F2NO3. The topological polar surface area (TPSA) is 30.9 Å². The minimum absolute atomic E-state index is 0.0919. The summed E-state index contributed by atoms with van der Waals surface area (Å²) in [5.74, 6) is 0.285. The summed E-state index contributed by atoms with van der Waals surface area (Å²) in [7, 11) is 1.60. The van der Waals surface area contributed by atoms with E-state index < -0.39 is 11.6 Å². The van der Waals surface area contributed by atoms with Crippen molar-refractivity contribution in [3.05, 3.63) is 59.2 Å². The first-order valence-electron chi connectivity index (χ1n) is 8.61. The molecule has 2 aromatic rings. The fraction of sp³-hybridized carbons (Fsp3) is 0.400. The zero-order chi connectivity index (χ0) is 18.5. The van der Waals surface area contributed by atoms with Crippen LogP contribution in [0.2, 0.25) is 0 Å². The van der Waals surface area contributed by atoms with Gasteiger partial charge in [-0.1, -0.05) is 12.1 Å². The lowest BCUT2D eigenvalue weighted by Gasteiger charge is -2.33. The normalized spacial score (nSPS) is 17.9. The van der Waals surface area contributed by atoms with Gasteiger partial charge in [-0.05, 0) is 36.8 Å². The van der Waals surface area contributed by atoms with Crippen molar-refractivity contribution in [2.24, 2.45) is 0 Å². The summed E-state index contributed by atoms with van der Waals surface area (Å²) >= 11 is 0. The van der Waals surface area contributed by atoms with Gasteiger partial charge in [0.25, 0.3) is 0 Å². The second kappa shape index (κ2) is 8.47. The van der Waals surface area contributed by atoms with Crippen molar-refractivity contribution in [1.82, 2.24) is 4.90 Å². The minimum atomic E-state index is -0.520. The lowest BCUT2D eigenvalue weighted by molar-refractivity contribution is -0.0511. The quantitative estimate of drug-likeness (QED) is 0.785. The fourth-order valence-electron chi connectivity index (χ4n) is 3.01. The lowest BCUT2D eigenvalue weighted by Crippen LogP contribution is -2.44. The van der Waals surface area contributed by atoms with E-state index in [0.29, 0.717) is 37.8 Å². The first-order valence-corrected chi connectivity index (χ1v) is 8.61. The number of morpholine rings is 1. The summed E-state index contributed by atoms with van der Waals surface area (Å²) < 4.78 is 44.6. The van der Waals surface area contributed by atoms with Crippen LogP contribution in [0.15, 0.2) is 36.4 Å². The second-order valence-electron chi connectivity index (χ2n) is 6.39. The molecule has 1 saturated heterocycles. The van der Waals surface area contributed by atoms with Crippen LogP contribution in [0.3, 0.4) is 0 Å². The van der Waals surface area contributed by atoms with Gasteiger partial charge in [-0.2, -0.15) is 0 Å². The molecule has 0 unspecified atom stereocenters. The average Bonchev–Trinajstić information content (AvgIpc) is 2.64. The summed E-state index contributed by atoms with van der Waals surface area (Å²) in [5.41, 5.74) is 1.18. The Morgan fingerprint density at radius 3 is 2.65 bits per heavy atom. The molecule has 0 amide bonds. The molecule has 0 aliphatic carbocycles. The van der Waals surface area contributed by atoms with E-state index >= 15 is 0 Å². The summed E-state index contributed by atoms with van der Waals surface area (Å²) in [4.78, 5) is 1.98. The Hall–Kier alpha value is -2.18. The fourth-order valence-corrected chi connectivity index (χ4v) is 3.01. The van der Waals surface area contributed by atoms with Gasteiger partial charge < -0.3 is 14.2 Å². The molecular weight excluding hydrogens is 340 g/mol. The molecule has 1 heterocycles. The highest BCUT2D eigenvalue weighted by Gasteiger charge is 2.23. The third-order valence-corrected chi connectivity index (χ3v) is 4.41. The predicted octanol–water partition coefficient (Wildman–Crippen LogP) is 3.56. The summed E-state index contributed by atoms with van der Waals surface area (Å²) in [6.07, 6.45) is -0.176. The standard InChI is InChI=1S/C20H23F2NO3/c1-14-6-7-19(20(10-14)24-2)26-13-15-11-23(8-9-25-15)12-16-17(21)4-3-5-18(16)22/h3-7,10,15H,8-9,11-13H2,1-2H3/t15-/m0/s1. The van der Waals surface area contributed by atoms with Gasteiger partial charge in [-0.15, -0.1) is 0 Å². The zero-order valence-corrected chi connectivity index (χ0v) is 15.0. The van der Waals surface area contributed by atoms with Gasteiger partial charge >= 0.3 is 0 Å². The number of hydrogen-bond donors (Lipinski definition) is 0. The second-order valence-corrected chi connectivity index (χ2v) is 6.39. The third kappa shape index (κ3) is 4.51. The largest absolute Gasteiger partial charge is 0.493 e. The molecule has 4 nitrogen and oxygen atoms in total. The maximum Gasteiger partial charge on any atom is 0.161 e. The van der Waals surface area contributed by atoms with E-state index in [1.54, 1.807) is 7.11 Å². The van der Waals surface area contributed by atoms with E-state index in [-0.39, 0.29) is 18.2 Å². The minimum Gasteiger partial charge on any atom is -0.493 e. The van der Waals surface area contributed by atoms with Crippen LogP contribution < -0.4 is 9.47 Å². The number of halogens is 2. The van der Waals surface area contributed by atoms with Crippen LogP contribution in [0.25, 0.3) is 0 Å². The predicted molar refractivity (Wildman–Crippen MR) is 94.6 cm³/mol. The molecule has 0 radical (unpaired) electrons. The highest BCUT2D eigenvalue weighted by Crippen LogP contribution is 2.28. The number of benzene rings is 2. The van der Waals surface area contributed by atoms with Crippen molar-refractivity contribution in [2.75, 3.05) is 33.4 Å². The van der Waals surface area contributed by atoms with E-state index in [0.717, 1.165) is 5.56 Å². The molecule has 0 N–H and O–H groups in total. The first-order chi connectivity index (χ1) is 12.6. The number of hydrogen-bond acceptors (Lipinski definition) is 4. The highest BCUT2D eigenvalue weighted by atomic mass is 19.1. The van der Waals surface area contributed by atoms with Gasteiger partial charge in [-0.25, -0.2) is 8.78 Å². The lowest BCUT2D eigenvalue weighted by atomic mass is 10.1. The van der Waals surface area contributed by atoms with Crippen LogP contribution in [0.5, 0.6) is 11.5 Å². The molecule has 0 bridgehead atoms. The Labute approximate surface area is 152 Å². The van der Waals surface area contributed by atoms with Crippen molar-refractivity contribution in [3.8, 4) is 11.5 Å². The molecule has 1 aliphatic rings. The van der Waals surface area contributed by atoms with Crippen molar-refractivity contribution < 1.29 is 23.0 Å². The van der Waals surface area contributed by atoms with Gasteiger partial charge in [0, 0.05) is 25.2 Å². The summed E-state index contributed by atoms with van der Waals surface area (Å²) in [6, 6.07) is 9.66. The Morgan fingerprint density at radius 1 is 1.15 bits per heavy atom. The van der Waals surface area contributed by atoms with E-state index in [1.807, 2.05) is 30.0 Å². The SMILES string of the molecule is COc1cc(C)ccc1OC[C@@H]1CN(Cc2c(F)cccc2F)CCO1. The summed E-state index contributed by atoms with van der Waals surface area (Å²) in [5, 5.41) is 0. The van der Waals surface area contributed by atoms with Crippen LogP contribution in [0, 0.1) is 18.6 Å². The zero-order valence-electron chi connectivity index (χ0n) is 15.0. The van der Waals surface area contributed by atoms with Crippen LogP contribution in [-0.2, 0) is 11.3 Å². The number of nitrogens with zero attached hydrogens (tertiary/aromatic N) is 1. The van der Waals surface area contributed by atoms with Crippen LogP contribution in [-0.4, -0.2) is 44.4 Å². The summed E-state index contributed by atoms with van der Waals surface area (Å²) in [6.45, 7) is 4.20. The van der Waals surface area contributed by atoms with Crippen molar-refractivity contribution in [1.29, 1.82) is 0 Å². The smallest absolute Gasteiger partial charge is 0.161 e. The van der Waals surface area contributed by atoms with E-state index in [2.05, 4.69) is 0 Å². The number of aryl methyl sites for hydroxylation is 1. The molecule has 2 aromatic carbocycles. The van der Waals surface area contributed by atoms with Crippen LogP contribution in [0.4, 0.5) is 8.78 Å². The Balaban J connectivity index is 1.59. The number of ether oxygens (including phenoxy) is 3. The average molecular weight is 363 g/mol. The number of methoxy groups -OCH3 is 1. The monoisotopic (exact) mass is 363 g/mol. The maximum atomic E-state index is 13.9. The van der Waals surface area contributed by atoms with Gasteiger partial charge in [0.1, 0.15) is 24.3 Å². The van der Waals surface area contributed by atoms with Crippen LogP contribution >= 0.6 is 0 Å². The molecule has 3 rings (SSSR count). The van der Waals surface area contributed by atoms with Gasteiger partial charge in [0.05, 0.1) is 13.7 Å². The maximum absolute atomic E-state index is 13.9. The van der Waals surface area contributed by atoms with Gasteiger partial charge in [0.2, 0.25) is 0 Å². The molecule has 0 spiro atoms. The molecule has 26 heavy (non-hydrogen) atoms. The molecule has 140 valence electrons. The van der Waals surface area contributed by atoms with Crippen molar-refractivity contribution in [3.63, 3.8) is 0 Å². The van der Waals surface area contributed by atoms with Gasteiger partial charge in [0.15, 0.2) is 11.5 Å². The molecule has 1 fully saturated rings. The van der Waals surface area contributed by atoms with E-state index in [9.17, 15) is 8.78 Å². The molecule has 1 aliphatic heterocycles. The molecule has 6 heteroatoms. The van der Waals surface area contributed by atoms with Gasteiger partial charge in [-0.3, -0.25) is 4.90 Å². The van der Waals surface area contributed by atoms with E-state index in [1.165, 1.54) is 18.2 Å².